The molecule has 0 saturated carbocycles. The molecule has 0 aliphatic heterocycles. The topological polar surface area (TPSA) is 48.7 Å². The summed E-state index contributed by atoms with van der Waals surface area (Å²) in [5.41, 5.74) is 10.1. The second-order valence-corrected chi connectivity index (χ2v) is 7.08. The molecule has 0 bridgehead atoms. The van der Waals surface area contributed by atoms with Gasteiger partial charge in [-0.2, -0.15) is 5.11 Å². The SMILES string of the molecule is CCCCN(c1ccc(N=N)c(C)c1)C(C)C(C)Oc1ccc(Cl)cc1. The van der Waals surface area contributed by atoms with Crippen LogP contribution in [-0.4, -0.2) is 18.7 Å². The van der Waals surface area contributed by atoms with Gasteiger partial charge in [-0.25, -0.2) is 5.53 Å². The molecule has 2 aromatic carbocycles. The Kier molecular flexibility index (Phi) is 7.46. The summed E-state index contributed by atoms with van der Waals surface area (Å²) in [5, 5.41) is 4.28. The number of anilines is 1. The molecule has 1 N–H and O–H groups in total. The Bertz CT molecular complexity index is 718. The standard InChI is InChI=1S/C21H28ClN3O/c1-5-6-13-25(19-9-12-21(24-23)15(2)14-19)16(3)17(4)26-20-10-7-18(22)8-11-20/h7-12,14,16-17,23H,5-6,13H2,1-4H3. The van der Waals surface area contributed by atoms with Crippen LogP contribution in [0.25, 0.3) is 0 Å². The van der Waals surface area contributed by atoms with E-state index in [2.05, 4.69) is 36.9 Å². The lowest BCUT2D eigenvalue weighted by Gasteiger charge is -2.35. The van der Waals surface area contributed by atoms with E-state index < -0.39 is 0 Å². The number of hydrogen-bond donors (Lipinski definition) is 1. The summed E-state index contributed by atoms with van der Waals surface area (Å²) < 4.78 is 6.14. The van der Waals surface area contributed by atoms with E-state index in [1.807, 2.05) is 43.3 Å². The highest BCUT2D eigenvalue weighted by molar-refractivity contribution is 6.30. The molecular weight excluding hydrogens is 346 g/mol. The Labute approximate surface area is 161 Å². The molecule has 2 rings (SSSR count). The number of rotatable bonds is 9. The molecule has 26 heavy (non-hydrogen) atoms. The molecule has 4 nitrogen and oxygen atoms in total. The lowest BCUT2D eigenvalue weighted by Crippen LogP contribution is -2.43. The van der Waals surface area contributed by atoms with E-state index in [1.54, 1.807) is 0 Å². The van der Waals surface area contributed by atoms with Crippen LogP contribution in [0.2, 0.25) is 5.02 Å². The summed E-state index contributed by atoms with van der Waals surface area (Å²) in [6, 6.07) is 13.7. The van der Waals surface area contributed by atoms with Gasteiger partial charge >= 0.3 is 0 Å². The second kappa shape index (κ2) is 9.58. The predicted octanol–water partition coefficient (Wildman–Crippen LogP) is 6.77. The maximum atomic E-state index is 7.25. The Balaban J connectivity index is 2.19. The summed E-state index contributed by atoms with van der Waals surface area (Å²) in [6.45, 7) is 9.44. The quantitative estimate of drug-likeness (QED) is 0.493. The number of hydrogen-bond acceptors (Lipinski definition) is 4. The van der Waals surface area contributed by atoms with Crippen molar-refractivity contribution in [1.29, 1.82) is 5.53 Å². The summed E-state index contributed by atoms with van der Waals surface area (Å²) in [5.74, 6) is 0.823. The molecular formula is C21H28ClN3O. The predicted molar refractivity (Wildman–Crippen MR) is 109 cm³/mol. The average molecular weight is 374 g/mol. The number of ether oxygens (including phenoxy) is 1. The maximum absolute atomic E-state index is 7.25. The highest BCUT2D eigenvalue weighted by Gasteiger charge is 2.22. The smallest absolute Gasteiger partial charge is 0.119 e. The first-order chi connectivity index (χ1) is 12.5. The molecule has 2 unspecified atom stereocenters. The summed E-state index contributed by atoms with van der Waals surface area (Å²) in [7, 11) is 0. The van der Waals surface area contributed by atoms with Crippen LogP contribution in [0, 0.1) is 12.5 Å². The van der Waals surface area contributed by atoms with Crippen LogP contribution in [0.15, 0.2) is 47.6 Å². The third kappa shape index (κ3) is 5.21. The third-order valence-corrected chi connectivity index (χ3v) is 4.94. The van der Waals surface area contributed by atoms with E-state index in [0.717, 1.165) is 36.4 Å². The molecule has 0 radical (unpaired) electrons. The number of benzene rings is 2. The fourth-order valence-corrected chi connectivity index (χ4v) is 3.05. The molecule has 0 aromatic heterocycles. The first kappa shape index (κ1) is 20.2. The van der Waals surface area contributed by atoms with Gasteiger partial charge in [-0.3, -0.25) is 0 Å². The lowest BCUT2D eigenvalue weighted by molar-refractivity contribution is 0.191. The summed E-state index contributed by atoms with van der Waals surface area (Å²) in [6.07, 6.45) is 2.25. The number of halogens is 1. The highest BCUT2D eigenvalue weighted by atomic mass is 35.5. The zero-order valence-corrected chi connectivity index (χ0v) is 16.8. The van der Waals surface area contributed by atoms with Gasteiger partial charge in [0.1, 0.15) is 11.9 Å². The van der Waals surface area contributed by atoms with Gasteiger partial charge in [0.05, 0.1) is 11.7 Å². The monoisotopic (exact) mass is 373 g/mol. The minimum Gasteiger partial charge on any atom is -0.489 e. The van der Waals surface area contributed by atoms with E-state index in [0.29, 0.717) is 10.7 Å². The maximum Gasteiger partial charge on any atom is 0.119 e. The van der Waals surface area contributed by atoms with Crippen LogP contribution >= 0.6 is 11.6 Å². The Morgan fingerprint density at radius 2 is 1.85 bits per heavy atom. The zero-order chi connectivity index (χ0) is 19.1. The Morgan fingerprint density at radius 3 is 2.42 bits per heavy atom. The van der Waals surface area contributed by atoms with Gasteiger partial charge < -0.3 is 9.64 Å². The van der Waals surface area contributed by atoms with Gasteiger partial charge in [0.2, 0.25) is 0 Å². The molecule has 0 saturated heterocycles. The van der Waals surface area contributed by atoms with Crippen LogP contribution in [0.1, 0.15) is 39.2 Å². The molecule has 2 atom stereocenters. The van der Waals surface area contributed by atoms with Crippen molar-refractivity contribution in [2.45, 2.75) is 52.7 Å². The van der Waals surface area contributed by atoms with Crippen molar-refractivity contribution >= 4 is 23.0 Å². The number of aryl methyl sites for hydroxylation is 1. The molecule has 2 aromatic rings. The van der Waals surface area contributed by atoms with E-state index >= 15 is 0 Å². The molecule has 0 aliphatic carbocycles. The van der Waals surface area contributed by atoms with E-state index in [-0.39, 0.29) is 12.1 Å². The molecule has 0 aliphatic rings. The molecule has 5 heteroatoms. The highest BCUT2D eigenvalue weighted by Crippen LogP contribution is 2.28. The Morgan fingerprint density at radius 1 is 1.15 bits per heavy atom. The first-order valence-electron chi connectivity index (χ1n) is 9.13. The van der Waals surface area contributed by atoms with Gasteiger partial charge in [-0.15, -0.1) is 0 Å². The summed E-state index contributed by atoms with van der Waals surface area (Å²) >= 11 is 5.95. The molecule has 0 amide bonds. The van der Waals surface area contributed by atoms with Crippen molar-refractivity contribution in [3.8, 4) is 5.75 Å². The minimum absolute atomic E-state index is 0.00822. The normalized spacial score (nSPS) is 13.1. The fourth-order valence-electron chi connectivity index (χ4n) is 2.92. The van der Waals surface area contributed by atoms with Crippen molar-refractivity contribution in [2.24, 2.45) is 5.11 Å². The fraction of sp³-hybridized carbons (Fsp3) is 0.429. The van der Waals surface area contributed by atoms with Gasteiger partial charge in [0, 0.05) is 17.3 Å². The number of nitrogens with zero attached hydrogens (tertiary/aromatic N) is 2. The van der Waals surface area contributed by atoms with Crippen molar-refractivity contribution in [3.05, 3.63) is 53.1 Å². The van der Waals surface area contributed by atoms with E-state index in [4.69, 9.17) is 21.9 Å². The van der Waals surface area contributed by atoms with Gasteiger partial charge in [-0.05, 0) is 75.2 Å². The van der Waals surface area contributed by atoms with Crippen molar-refractivity contribution in [1.82, 2.24) is 0 Å². The minimum atomic E-state index is 0.00822. The number of nitrogens with one attached hydrogen (secondary N) is 1. The lowest BCUT2D eigenvalue weighted by atomic mass is 10.1. The van der Waals surface area contributed by atoms with E-state index in [1.165, 1.54) is 0 Å². The van der Waals surface area contributed by atoms with Crippen molar-refractivity contribution < 1.29 is 4.74 Å². The summed E-state index contributed by atoms with van der Waals surface area (Å²) in [4.78, 5) is 2.38. The van der Waals surface area contributed by atoms with Crippen LogP contribution in [0.3, 0.4) is 0 Å². The third-order valence-electron chi connectivity index (χ3n) is 4.69. The number of unbranched alkanes of at least 4 members (excludes halogenated alkanes) is 1. The van der Waals surface area contributed by atoms with Crippen molar-refractivity contribution in [3.63, 3.8) is 0 Å². The molecule has 140 valence electrons. The van der Waals surface area contributed by atoms with Gasteiger partial charge in [0.25, 0.3) is 0 Å². The Hall–Kier alpha value is -2.07. The van der Waals surface area contributed by atoms with Crippen LogP contribution in [0.4, 0.5) is 11.4 Å². The largest absolute Gasteiger partial charge is 0.489 e. The van der Waals surface area contributed by atoms with Crippen LogP contribution < -0.4 is 9.64 Å². The molecule has 0 fully saturated rings. The van der Waals surface area contributed by atoms with Crippen LogP contribution in [-0.2, 0) is 0 Å². The van der Waals surface area contributed by atoms with Gasteiger partial charge in [-0.1, -0.05) is 24.9 Å². The van der Waals surface area contributed by atoms with E-state index in [9.17, 15) is 0 Å². The molecule has 0 heterocycles. The van der Waals surface area contributed by atoms with Gasteiger partial charge in [0.15, 0.2) is 0 Å². The second-order valence-electron chi connectivity index (χ2n) is 6.65. The zero-order valence-electron chi connectivity index (χ0n) is 16.0. The average Bonchev–Trinajstić information content (AvgIpc) is 2.63. The molecule has 0 spiro atoms. The first-order valence-corrected chi connectivity index (χ1v) is 9.51. The van der Waals surface area contributed by atoms with Crippen LogP contribution in [0.5, 0.6) is 5.75 Å². The van der Waals surface area contributed by atoms with Crippen molar-refractivity contribution in [2.75, 3.05) is 11.4 Å².